The van der Waals surface area contributed by atoms with Crippen molar-refractivity contribution in [2.45, 2.75) is 58.5 Å². The van der Waals surface area contributed by atoms with E-state index in [1.165, 1.54) is 19.3 Å². The highest BCUT2D eigenvalue weighted by Crippen LogP contribution is 2.32. The topological polar surface area (TPSA) is 26.3 Å². The molecule has 0 aliphatic heterocycles. The zero-order valence-electron chi connectivity index (χ0n) is 10.6. The number of carbonyl (C=O) groups excluding carboxylic acids is 1. The van der Waals surface area contributed by atoms with Crippen molar-refractivity contribution < 1.29 is 9.53 Å². The first-order valence-electron chi connectivity index (χ1n) is 6.47. The lowest BCUT2D eigenvalue weighted by Gasteiger charge is -2.31. The molecule has 0 spiro atoms. The molecule has 1 aliphatic carbocycles. The molecule has 1 atom stereocenters. The van der Waals surface area contributed by atoms with Gasteiger partial charge in [0, 0.05) is 0 Å². The van der Waals surface area contributed by atoms with Crippen LogP contribution in [0.3, 0.4) is 0 Å². The van der Waals surface area contributed by atoms with Gasteiger partial charge in [-0.1, -0.05) is 26.3 Å². The van der Waals surface area contributed by atoms with Crippen molar-refractivity contribution in [3.63, 3.8) is 0 Å². The van der Waals surface area contributed by atoms with Crippen molar-refractivity contribution in [2.24, 2.45) is 11.8 Å². The molecular weight excluding hydrogens is 200 g/mol. The lowest BCUT2D eigenvalue weighted by Crippen LogP contribution is -2.26. The summed E-state index contributed by atoms with van der Waals surface area (Å²) in [6.07, 6.45) is 7.86. The standard InChI is InChI=1S/C14H24O2/c1-4-6-14(15)16-13-9-7-12(8-10-13)11(3)5-2/h4,11-13H,1,5-10H2,2-3H3. The van der Waals surface area contributed by atoms with Gasteiger partial charge < -0.3 is 4.74 Å². The first-order chi connectivity index (χ1) is 7.67. The molecule has 1 saturated carbocycles. The molecule has 1 fully saturated rings. The number of rotatable bonds is 5. The highest BCUT2D eigenvalue weighted by Gasteiger charge is 2.26. The van der Waals surface area contributed by atoms with Gasteiger partial charge in [-0.3, -0.25) is 4.79 Å². The van der Waals surface area contributed by atoms with Crippen molar-refractivity contribution in [1.82, 2.24) is 0 Å². The molecule has 0 bridgehead atoms. The van der Waals surface area contributed by atoms with Crippen LogP contribution in [0.25, 0.3) is 0 Å². The molecule has 16 heavy (non-hydrogen) atoms. The molecule has 0 radical (unpaired) electrons. The van der Waals surface area contributed by atoms with Gasteiger partial charge in [-0.25, -0.2) is 0 Å². The maximum atomic E-state index is 11.3. The molecule has 2 nitrogen and oxygen atoms in total. The van der Waals surface area contributed by atoms with Crippen LogP contribution in [0, 0.1) is 11.8 Å². The van der Waals surface area contributed by atoms with Crippen LogP contribution >= 0.6 is 0 Å². The molecule has 92 valence electrons. The fraction of sp³-hybridized carbons (Fsp3) is 0.786. The average Bonchev–Trinajstić information content (AvgIpc) is 2.29. The Bertz CT molecular complexity index is 227. The molecule has 0 heterocycles. The second-order valence-electron chi connectivity index (χ2n) is 4.90. The van der Waals surface area contributed by atoms with Crippen molar-refractivity contribution >= 4 is 5.97 Å². The van der Waals surface area contributed by atoms with E-state index in [0.29, 0.717) is 6.42 Å². The summed E-state index contributed by atoms with van der Waals surface area (Å²) in [5, 5.41) is 0. The molecule has 2 heteroatoms. The summed E-state index contributed by atoms with van der Waals surface area (Å²) in [5.74, 6) is 1.52. The predicted octanol–water partition coefficient (Wildman–Crippen LogP) is 3.71. The molecule has 1 rings (SSSR count). The minimum absolute atomic E-state index is 0.123. The Morgan fingerprint density at radius 2 is 2.06 bits per heavy atom. The molecule has 1 aliphatic rings. The first kappa shape index (κ1) is 13.3. The van der Waals surface area contributed by atoms with Crippen molar-refractivity contribution in [2.75, 3.05) is 0 Å². The van der Waals surface area contributed by atoms with Gasteiger partial charge in [0.25, 0.3) is 0 Å². The number of esters is 1. The lowest BCUT2D eigenvalue weighted by atomic mass is 9.79. The van der Waals surface area contributed by atoms with Crippen LogP contribution in [0.1, 0.15) is 52.4 Å². The van der Waals surface area contributed by atoms with E-state index in [1.54, 1.807) is 6.08 Å². The third-order valence-electron chi connectivity index (χ3n) is 3.78. The number of carbonyl (C=O) groups is 1. The molecule has 0 aromatic heterocycles. The third kappa shape index (κ3) is 3.99. The van der Waals surface area contributed by atoms with Gasteiger partial charge in [0.2, 0.25) is 0 Å². The molecule has 0 saturated heterocycles. The summed E-state index contributed by atoms with van der Waals surface area (Å²) >= 11 is 0. The zero-order valence-corrected chi connectivity index (χ0v) is 10.6. The van der Waals surface area contributed by atoms with Gasteiger partial charge in [-0.2, -0.15) is 0 Å². The van der Waals surface area contributed by atoms with E-state index >= 15 is 0 Å². The molecule has 0 amide bonds. The van der Waals surface area contributed by atoms with Gasteiger partial charge in [0.05, 0.1) is 6.42 Å². The van der Waals surface area contributed by atoms with Crippen LogP contribution < -0.4 is 0 Å². The molecule has 0 aromatic carbocycles. The minimum atomic E-state index is -0.123. The van der Waals surface area contributed by atoms with Gasteiger partial charge in [-0.15, -0.1) is 6.58 Å². The smallest absolute Gasteiger partial charge is 0.309 e. The molecular formula is C14H24O2. The summed E-state index contributed by atoms with van der Waals surface area (Å²) in [6, 6.07) is 0. The van der Waals surface area contributed by atoms with Crippen LogP contribution in [0.2, 0.25) is 0 Å². The molecule has 0 aromatic rings. The summed E-state index contributed by atoms with van der Waals surface area (Å²) in [5.41, 5.74) is 0. The minimum Gasteiger partial charge on any atom is -0.462 e. The van der Waals surface area contributed by atoms with Crippen molar-refractivity contribution in [3.05, 3.63) is 12.7 Å². The van der Waals surface area contributed by atoms with Crippen LogP contribution in [-0.2, 0) is 9.53 Å². The van der Waals surface area contributed by atoms with E-state index in [1.807, 2.05) is 0 Å². The van der Waals surface area contributed by atoms with E-state index in [9.17, 15) is 4.79 Å². The lowest BCUT2D eigenvalue weighted by molar-refractivity contribution is -0.150. The largest absolute Gasteiger partial charge is 0.462 e. The number of hydrogen-bond donors (Lipinski definition) is 0. The van der Waals surface area contributed by atoms with E-state index < -0.39 is 0 Å². The number of hydrogen-bond acceptors (Lipinski definition) is 2. The maximum Gasteiger partial charge on any atom is 0.309 e. The second-order valence-corrected chi connectivity index (χ2v) is 4.90. The Kier molecular flexibility index (Phi) is 5.58. The monoisotopic (exact) mass is 224 g/mol. The summed E-state index contributed by atoms with van der Waals surface area (Å²) in [7, 11) is 0. The maximum absolute atomic E-state index is 11.3. The summed E-state index contributed by atoms with van der Waals surface area (Å²) in [6.45, 7) is 8.12. The highest BCUT2D eigenvalue weighted by molar-refractivity contribution is 5.71. The Balaban J connectivity index is 2.26. The SMILES string of the molecule is C=CCC(=O)OC1CCC(C(C)CC)CC1. The fourth-order valence-electron chi connectivity index (χ4n) is 2.46. The van der Waals surface area contributed by atoms with Gasteiger partial charge in [0.1, 0.15) is 6.10 Å². The Labute approximate surface area is 99.1 Å². The second kappa shape index (κ2) is 6.72. The van der Waals surface area contributed by atoms with Crippen LogP contribution in [0.5, 0.6) is 0 Å². The third-order valence-corrected chi connectivity index (χ3v) is 3.78. The van der Waals surface area contributed by atoms with E-state index in [0.717, 1.165) is 24.7 Å². The molecule has 0 N–H and O–H groups in total. The normalized spacial score (nSPS) is 27.1. The Morgan fingerprint density at radius 1 is 1.44 bits per heavy atom. The van der Waals surface area contributed by atoms with Crippen molar-refractivity contribution in [3.8, 4) is 0 Å². The van der Waals surface area contributed by atoms with Crippen molar-refractivity contribution in [1.29, 1.82) is 0 Å². The first-order valence-corrected chi connectivity index (χ1v) is 6.47. The average molecular weight is 224 g/mol. The molecule has 1 unspecified atom stereocenters. The van der Waals surface area contributed by atoms with Gasteiger partial charge in [0.15, 0.2) is 0 Å². The summed E-state index contributed by atoms with van der Waals surface area (Å²) in [4.78, 5) is 11.3. The van der Waals surface area contributed by atoms with Gasteiger partial charge >= 0.3 is 5.97 Å². The fourth-order valence-corrected chi connectivity index (χ4v) is 2.46. The quantitative estimate of drug-likeness (QED) is 0.525. The van der Waals surface area contributed by atoms with E-state index in [2.05, 4.69) is 20.4 Å². The predicted molar refractivity (Wildman–Crippen MR) is 66.1 cm³/mol. The van der Waals surface area contributed by atoms with Crippen LogP contribution in [0.4, 0.5) is 0 Å². The van der Waals surface area contributed by atoms with E-state index in [4.69, 9.17) is 4.74 Å². The van der Waals surface area contributed by atoms with E-state index in [-0.39, 0.29) is 12.1 Å². The summed E-state index contributed by atoms with van der Waals surface area (Å²) < 4.78 is 5.38. The number of ether oxygens (including phenoxy) is 1. The highest BCUT2D eigenvalue weighted by atomic mass is 16.5. The Hall–Kier alpha value is -0.790. The zero-order chi connectivity index (χ0) is 12.0. The van der Waals surface area contributed by atoms with Gasteiger partial charge in [-0.05, 0) is 37.5 Å². The van der Waals surface area contributed by atoms with Crippen LogP contribution in [0.15, 0.2) is 12.7 Å². The Morgan fingerprint density at radius 3 is 2.56 bits per heavy atom. The van der Waals surface area contributed by atoms with Crippen LogP contribution in [-0.4, -0.2) is 12.1 Å².